The van der Waals surface area contributed by atoms with Crippen LogP contribution in [0, 0.1) is 10.1 Å². The maximum Gasteiger partial charge on any atom is 0.333 e. The summed E-state index contributed by atoms with van der Waals surface area (Å²) in [7, 11) is 3.15. The number of hydrogen-bond acceptors (Lipinski definition) is 11. The van der Waals surface area contributed by atoms with Gasteiger partial charge < -0.3 is 34.2 Å². The fourth-order valence-corrected chi connectivity index (χ4v) is 6.07. The van der Waals surface area contributed by atoms with Gasteiger partial charge in [0.2, 0.25) is 5.82 Å². The third-order valence-corrected chi connectivity index (χ3v) is 8.82. The molecule has 2 N–H and O–H groups in total. The number of hydrogen-bond donors (Lipinski definition) is 2. The summed E-state index contributed by atoms with van der Waals surface area (Å²) in [5.41, 5.74) is 1.06. The zero-order valence-corrected chi connectivity index (χ0v) is 28.8. The maximum atomic E-state index is 13.0. The van der Waals surface area contributed by atoms with Crippen LogP contribution in [0.25, 0.3) is 0 Å². The quantitative estimate of drug-likeness (QED) is 0.0772. The van der Waals surface area contributed by atoms with E-state index in [4.69, 9.17) is 14.2 Å². The Morgan fingerprint density at radius 3 is 2.04 bits per heavy atom. The minimum Gasteiger partial charge on any atom is -0.497 e. The topological polar surface area (TPSA) is 161 Å². The number of carbonyl (C=O) groups is 1. The van der Waals surface area contributed by atoms with Crippen LogP contribution >= 0.6 is 0 Å². The van der Waals surface area contributed by atoms with Crippen molar-refractivity contribution in [2.45, 2.75) is 83.4 Å². The summed E-state index contributed by atoms with van der Waals surface area (Å²) in [5, 5.41) is 34.0. The molecule has 1 saturated heterocycles. The highest BCUT2D eigenvalue weighted by Crippen LogP contribution is 2.40. The Morgan fingerprint density at radius 2 is 1.53 bits per heavy atom. The molecule has 4 rings (SSSR count). The number of unbranched alkanes of at least 4 members (excludes halogenated alkanes) is 3. The summed E-state index contributed by atoms with van der Waals surface area (Å²) >= 11 is 0. The summed E-state index contributed by atoms with van der Waals surface area (Å²) in [4.78, 5) is 37.9. The van der Waals surface area contributed by atoms with Crippen LogP contribution in [-0.4, -0.2) is 82.5 Å². The Morgan fingerprint density at radius 1 is 0.939 bits per heavy atom. The third-order valence-electron chi connectivity index (χ3n) is 8.82. The van der Waals surface area contributed by atoms with E-state index >= 15 is 0 Å². The number of ether oxygens (including phenoxy) is 3. The second-order valence-corrected chi connectivity index (χ2v) is 12.4. The molecule has 2 unspecified atom stereocenters. The number of aliphatic hydroxyl groups excluding tert-OH is 1. The van der Waals surface area contributed by atoms with Crippen molar-refractivity contribution in [2.24, 2.45) is 0 Å². The van der Waals surface area contributed by atoms with Gasteiger partial charge >= 0.3 is 17.7 Å². The van der Waals surface area contributed by atoms with Crippen molar-refractivity contribution in [3.05, 3.63) is 75.5 Å². The molecule has 2 aromatic carbocycles. The molecule has 2 heterocycles. The highest BCUT2D eigenvalue weighted by Gasteiger charge is 2.38. The van der Waals surface area contributed by atoms with Crippen molar-refractivity contribution in [1.29, 1.82) is 0 Å². The number of rotatable bonds is 21. The van der Waals surface area contributed by atoms with Crippen LogP contribution in [-0.2, 0) is 17.9 Å². The van der Waals surface area contributed by atoms with Gasteiger partial charge in [-0.3, -0.25) is 10.1 Å². The van der Waals surface area contributed by atoms with Crippen molar-refractivity contribution in [2.75, 3.05) is 45.4 Å². The largest absolute Gasteiger partial charge is 0.497 e. The standard InChI is InChI=1S/C36H49N5O8/c1-4-5-23-49-36-37-31(30(33(42)35(43)44)11-7-6-8-20-39-21-9-10-22-39)32(41(45)46)34(38-36)40(24-26-12-16-28(47-2)17-13-26)25-27-14-18-29(48-3)19-15-27/h12-19,30,33,42H,4-11,20-25H2,1-3H3,(H,43,44). The number of carboxylic acid groups (broad SMARTS) is 1. The van der Waals surface area contributed by atoms with Crippen LogP contribution in [0.5, 0.6) is 17.5 Å². The lowest BCUT2D eigenvalue weighted by Crippen LogP contribution is -2.31. The highest BCUT2D eigenvalue weighted by molar-refractivity contribution is 5.74. The van der Waals surface area contributed by atoms with Gasteiger partial charge in [0.15, 0.2) is 6.10 Å². The first kappa shape index (κ1) is 37.3. The predicted octanol–water partition coefficient (Wildman–Crippen LogP) is 5.97. The lowest BCUT2D eigenvalue weighted by molar-refractivity contribution is -0.385. The van der Waals surface area contributed by atoms with E-state index in [9.17, 15) is 25.1 Å². The van der Waals surface area contributed by atoms with E-state index in [1.54, 1.807) is 19.1 Å². The van der Waals surface area contributed by atoms with Crippen molar-refractivity contribution in [1.82, 2.24) is 14.9 Å². The number of aliphatic hydroxyl groups is 1. The SMILES string of the molecule is CCCCOc1nc(C(CCCCCN2CCCC2)C(O)C(=O)O)c([N+](=O)[O-])c(N(Cc2ccc(OC)cc2)Cc2ccc(OC)cc2)n1. The van der Waals surface area contributed by atoms with Gasteiger partial charge in [-0.2, -0.15) is 9.97 Å². The minimum absolute atomic E-state index is 0.0234. The molecule has 266 valence electrons. The number of nitrogens with zero attached hydrogens (tertiary/aromatic N) is 5. The normalized spacial score (nSPS) is 14.3. The molecule has 13 nitrogen and oxygen atoms in total. The van der Waals surface area contributed by atoms with Crippen LogP contribution in [0.4, 0.5) is 11.5 Å². The Labute approximate surface area is 288 Å². The molecule has 1 aliphatic rings. The summed E-state index contributed by atoms with van der Waals surface area (Å²) in [5.74, 6) is -1.33. The first-order valence-electron chi connectivity index (χ1n) is 17.1. The molecule has 1 aromatic heterocycles. The summed E-state index contributed by atoms with van der Waals surface area (Å²) in [6, 6.07) is 14.6. The number of benzene rings is 2. The van der Waals surface area contributed by atoms with E-state index < -0.39 is 28.6 Å². The number of methoxy groups -OCH3 is 2. The smallest absolute Gasteiger partial charge is 0.333 e. The van der Waals surface area contributed by atoms with Gasteiger partial charge in [0, 0.05) is 19.0 Å². The molecule has 1 fully saturated rings. The van der Waals surface area contributed by atoms with Crippen LogP contribution in [0.1, 0.15) is 81.0 Å². The zero-order valence-electron chi connectivity index (χ0n) is 28.8. The summed E-state index contributed by atoms with van der Waals surface area (Å²) < 4.78 is 16.6. The van der Waals surface area contributed by atoms with Crippen molar-refractivity contribution in [3.8, 4) is 17.5 Å². The Balaban J connectivity index is 1.78. The van der Waals surface area contributed by atoms with Gasteiger partial charge in [-0.05, 0) is 87.1 Å². The maximum absolute atomic E-state index is 13.0. The summed E-state index contributed by atoms with van der Waals surface area (Å²) in [6.45, 7) is 5.82. The summed E-state index contributed by atoms with van der Waals surface area (Å²) in [6.07, 6.45) is 4.47. The number of anilines is 1. The van der Waals surface area contributed by atoms with E-state index in [0.717, 1.165) is 50.0 Å². The molecule has 1 aliphatic heterocycles. The van der Waals surface area contributed by atoms with Crippen molar-refractivity contribution < 1.29 is 34.1 Å². The number of nitro groups is 1. The third kappa shape index (κ3) is 10.8. The van der Waals surface area contributed by atoms with E-state index in [1.807, 2.05) is 55.5 Å². The predicted molar refractivity (Wildman–Crippen MR) is 185 cm³/mol. The van der Waals surface area contributed by atoms with Gasteiger partial charge in [0.05, 0.1) is 25.7 Å². The van der Waals surface area contributed by atoms with Crippen molar-refractivity contribution >= 4 is 17.5 Å². The first-order chi connectivity index (χ1) is 23.7. The van der Waals surface area contributed by atoms with Gasteiger partial charge in [-0.15, -0.1) is 0 Å². The molecule has 0 aliphatic carbocycles. The average molecular weight is 680 g/mol. The second-order valence-electron chi connectivity index (χ2n) is 12.4. The number of aromatic nitrogens is 2. The van der Waals surface area contributed by atoms with E-state index in [1.165, 1.54) is 12.8 Å². The van der Waals surface area contributed by atoms with Gasteiger partial charge in [-0.1, -0.05) is 50.5 Å². The molecule has 0 bridgehead atoms. The molecule has 0 saturated carbocycles. The van der Waals surface area contributed by atoms with Gasteiger partial charge in [-0.25, -0.2) is 4.79 Å². The molecular formula is C36H49N5O8. The zero-order chi connectivity index (χ0) is 35.2. The van der Waals surface area contributed by atoms with Gasteiger partial charge in [0.1, 0.15) is 17.2 Å². The van der Waals surface area contributed by atoms with Gasteiger partial charge in [0.25, 0.3) is 0 Å². The fraction of sp³-hybridized carbons (Fsp3) is 0.528. The lowest BCUT2D eigenvalue weighted by atomic mass is 9.90. The van der Waals surface area contributed by atoms with E-state index in [-0.39, 0.29) is 43.6 Å². The molecule has 3 aromatic rings. The monoisotopic (exact) mass is 679 g/mol. The Bertz CT molecular complexity index is 1430. The minimum atomic E-state index is -1.92. The molecule has 0 amide bonds. The highest BCUT2D eigenvalue weighted by atomic mass is 16.6. The molecule has 2 atom stereocenters. The van der Waals surface area contributed by atoms with Crippen LogP contribution < -0.4 is 19.1 Å². The number of likely N-dealkylation sites (tertiary alicyclic amines) is 1. The number of aliphatic carboxylic acids is 1. The molecule has 49 heavy (non-hydrogen) atoms. The number of carboxylic acids is 1. The Hall–Kier alpha value is -4.49. The lowest BCUT2D eigenvalue weighted by Gasteiger charge is -2.27. The second kappa shape index (κ2) is 18.9. The molecule has 0 radical (unpaired) electrons. The van der Waals surface area contributed by atoms with E-state index in [2.05, 4.69) is 14.9 Å². The molecular weight excluding hydrogens is 630 g/mol. The van der Waals surface area contributed by atoms with Crippen LogP contribution in [0.3, 0.4) is 0 Å². The van der Waals surface area contributed by atoms with Crippen molar-refractivity contribution in [3.63, 3.8) is 0 Å². The fourth-order valence-electron chi connectivity index (χ4n) is 6.07. The molecule has 0 spiro atoms. The first-order valence-corrected chi connectivity index (χ1v) is 17.1. The Kier molecular flexibility index (Phi) is 14.4. The molecule has 13 heteroatoms. The van der Waals surface area contributed by atoms with E-state index in [0.29, 0.717) is 24.3 Å². The van der Waals surface area contributed by atoms with Crippen LogP contribution in [0.2, 0.25) is 0 Å². The average Bonchev–Trinajstić information content (AvgIpc) is 3.63. The van der Waals surface area contributed by atoms with Crippen LogP contribution in [0.15, 0.2) is 48.5 Å².